The van der Waals surface area contributed by atoms with Gasteiger partial charge in [-0.15, -0.1) is 12.4 Å². The van der Waals surface area contributed by atoms with E-state index in [0.29, 0.717) is 5.56 Å². The fourth-order valence-electron chi connectivity index (χ4n) is 1.07. The summed E-state index contributed by atoms with van der Waals surface area (Å²) >= 11 is 0. The first-order valence-corrected chi connectivity index (χ1v) is 3.50. The van der Waals surface area contributed by atoms with E-state index in [-0.39, 0.29) is 12.4 Å². The van der Waals surface area contributed by atoms with Crippen LogP contribution in [0, 0.1) is 0 Å². The van der Waals surface area contributed by atoms with E-state index in [1.165, 1.54) is 0 Å². The quantitative estimate of drug-likeness (QED) is 0.737. The van der Waals surface area contributed by atoms with Gasteiger partial charge in [-0.1, -0.05) is 0 Å². The number of nitrogens with two attached hydrogens (primary N) is 1. The lowest BCUT2D eigenvalue weighted by Crippen LogP contribution is -2.10. The molecule has 0 aromatic carbocycles. The second kappa shape index (κ2) is 3.45. The molecule has 0 fully saturated rings. The Bertz CT molecular complexity index is 438. The van der Waals surface area contributed by atoms with Crippen molar-refractivity contribution >= 4 is 23.8 Å². The van der Waals surface area contributed by atoms with Crippen molar-refractivity contribution in [2.75, 3.05) is 0 Å². The molecule has 0 aliphatic carbocycles. The highest BCUT2D eigenvalue weighted by Crippen LogP contribution is 2.04. The molecule has 2 rings (SSSR count). The fraction of sp³-hybridized carbons (Fsp3) is 0. The molecule has 0 unspecified atom stereocenters. The van der Waals surface area contributed by atoms with Gasteiger partial charge in [0, 0.05) is 18.0 Å². The number of rotatable bonds is 1. The number of pyridine rings is 1. The molecule has 0 radical (unpaired) electrons. The van der Waals surface area contributed by atoms with Crippen LogP contribution in [0.3, 0.4) is 0 Å². The fourth-order valence-corrected chi connectivity index (χ4v) is 1.07. The van der Waals surface area contributed by atoms with E-state index in [1.807, 2.05) is 6.07 Å². The zero-order valence-corrected chi connectivity index (χ0v) is 7.49. The third-order valence-corrected chi connectivity index (χ3v) is 1.68. The molecular weight excluding hydrogens is 190 g/mol. The highest BCUT2D eigenvalue weighted by molar-refractivity contribution is 5.93. The first kappa shape index (κ1) is 9.54. The van der Waals surface area contributed by atoms with E-state index >= 15 is 0 Å². The van der Waals surface area contributed by atoms with Crippen molar-refractivity contribution in [3.63, 3.8) is 0 Å². The van der Waals surface area contributed by atoms with E-state index < -0.39 is 5.91 Å². The number of hydrogen-bond donors (Lipinski definition) is 1. The van der Waals surface area contributed by atoms with Gasteiger partial charge in [-0.2, -0.15) is 5.10 Å². The van der Waals surface area contributed by atoms with Crippen molar-refractivity contribution in [3.8, 4) is 0 Å². The van der Waals surface area contributed by atoms with Gasteiger partial charge in [0.15, 0.2) is 0 Å². The molecule has 2 aromatic heterocycles. The molecule has 13 heavy (non-hydrogen) atoms. The molecule has 2 heterocycles. The molecule has 5 heteroatoms. The van der Waals surface area contributed by atoms with Gasteiger partial charge in [0.25, 0.3) is 0 Å². The van der Waals surface area contributed by atoms with E-state index in [2.05, 4.69) is 5.10 Å². The summed E-state index contributed by atoms with van der Waals surface area (Å²) in [7, 11) is 0. The van der Waals surface area contributed by atoms with Crippen LogP contribution in [-0.2, 0) is 0 Å². The normalized spacial score (nSPS) is 9.54. The molecule has 0 bridgehead atoms. The number of carbonyl (C=O) groups is 1. The van der Waals surface area contributed by atoms with Crippen molar-refractivity contribution in [1.29, 1.82) is 0 Å². The first-order chi connectivity index (χ1) is 5.77. The third kappa shape index (κ3) is 1.62. The number of amides is 1. The topological polar surface area (TPSA) is 60.4 Å². The van der Waals surface area contributed by atoms with Crippen LogP contribution in [0.5, 0.6) is 0 Å². The summed E-state index contributed by atoms with van der Waals surface area (Å²) in [5, 5.41) is 3.98. The van der Waals surface area contributed by atoms with Gasteiger partial charge in [-0.25, -0.2) is 4.52 Å². The van der Waals surface area contributed by atoms with E-state index in [0.717, 1.165) is 5.52 Å². The van der Waals surface area contributed by atoms with Crippen LogP contribution in [0.15, 0.2) is 30.6 Å². The number of fused-ring (bicyclic) bond motifs is 1. The van der Waals surface area contributed by atoms with E-state index in [9.17, 15) is 4.79 Å². The molecule has 4 nitrogen and oxygen atoms in total. The van der Waals surface area contributed by atoms with E-state index in [1.54, 1.807) is 29.0 Å². The SMILES string of the molecule is Cl.NC(=O)c1ccn2nccc2c1. The standard InChI is InChI=1S/C8H7N3O.ClH/c9-8(12)6-2-4-11-7(5-6)1-3-10-11;/h1-5H,(H2,9,12);1H. The van der Waals surface area contributed by atoms with Crippen molar-refractivity contribution in [3.05, 3.63) is 36.2 Å². The molecule has 2 aromatic rings. The van der Waals surface area contributed by atoms with Crippen molar-refractivity contribution in [1.82, 2.24) is 9.61 Å². The zero-order chi connectivity index (χ0) is 8.55. The number of aromatic nitrogens is 2. The Balaban J connectivity index is 0.000000845. The predicted molar refractivity (Wildman–Crippen MR) is 51.0 cm³/mol. The maximum Gasteiger partial charge on any atom is 0.248 e. The molecule has 2 N–H and O–H groups in total. The molecule has 1 amide bonds. The Morgan fingerprint density at radius 3 is 2.92 bits per heavy atom. The minimum Gasteiger partial charge on any atom is -0.366 e. The Kier molecular flexibility index (Phi) is 2.53. The van der Waals surface area contributed by atoms with E-state index in [4.69, 9.17) is 5.73 Å². The highest BCUT2D eigenvalue weighted by atomic mass is 35.5. The number of carbonyl (C=O) groups excluding carboxylic acids is 1. The van der Waals surface area contributed by atoms with Gasteiger partial charge >= 0.3 is 0 Å². The van der Waals surface area contributed by atoms with Crippen LogP contribution < -0.4 is 5.73 Å². The summed E-state index contributed by atoms with van der Waals surface area (Å²) in [4.78, 5) is 10.8. The second-order valence-electron chi connectivity index (χ2n) is 2.48. The van der Waals surface area contributed by atoms with Crippen molar-refractivity contribution < 1.29 is 4.79 Å². The minimum atomic E-state index is -0.418. The number of nitrogens with zero attached hydrogens (tertiary/aromatic N) is 2. The Labute approximate surface area is 80.8 Å². The van der Waals surface area contributed by atoms with Crippen LogP contribution in [0.1, 0.15) is 10.4 Å². The number of halogens is 1. The predicted octanol–water partition coefficient (Wildman–Crippen LogP) is 0.855. The summed E-state index contributed by atoms with van der Waals surface area (Å²) < 4.78 is 1.67. The van der Waals surface area contributed by atoms with Gasteiger partial charge in [0.05, 0.1) is 5.52 Å². The molecule has 0 aliphatic rings. The molecule has 68 valence electrons. The Morgan fingerprint density at radius 1 is 1.46 bits per heavy atom. The average molecular weight is 198 g/mol. The molecule has 0 saturated carbocycles. The van der Waals surface area contributed by atoms with Crippen LogP contribution >= 0.6 is 12.4 Å². The van der Waals surface area contributed by atoms with Crippen LogP contribution in [0.2, 0.25) is 0 Å². The molecular formula is C8H8ClN3O. The van der Waals surface area contributed by atoms with Crippen LogP contribution in [0.25, 0.3) is 5.52 Å². The lowest BCUT2D eigenvalue weighted by atomic mass is 10.2. The summed E-state index contributed by atoms with van der Waals surface area (Å²) in [6, 6.07) is 5.16. The van der Waals surface area contributed by atoms with Crippen LogP contribution in [-0.4, -0.2) is 15.5 Å². The van der Waals surface area contributed by atoms with Crippen LogP contribution in [0.4, 0.5) is 0 Å². The van der Waals surface area contributed by atoms with Crippen molar-refractivity contribution in [2.45, 2.75) is 0 Å². The summed E-state index contributed by atoms with van der Waals surface area (Å²) in [5.74, 6) is -0.418. The number of hydrogen-bond acceptors (Lipinski definition) is 2. The maximum atomic E-state index is 10.8. The highest BCUT2D eigenvalue weighted by Gasteiger charge is 2.00. The molecule has 0 atom stereocenters. The zero-order valence-electron chi connectivity index (χ0n) is 6.68. The second-order valence-corrected chi connectivity index (χ2v) is 2.48. The number of primary amides is 1. The minimum absolute atomic E-state index is 0. The monoisotopic (exact) mass is 197 g/mol. The Hall–Kier alpha value is -1.55. The van der Waals surface area contributed by atoms with Gasteiger partial charge in [0.2, 0.25) is 5.91 Å². The lowest BCUT2D eigenvalue weighted by molar-refractivity contribution is 0.100. The lowest BCUT2D eigenvalue weighted by Gasteiger charge is -1.95. The first-order valence-electron chi connectivity index (χ1n) is 3.50. The third-order valence-electron chi connectivity index (χ3n) is 1.68. The Morgan fingerprint density at radius 2 is 2.23 bits per heavy atom. The summed E-state index contributed by atoms with van der Waals surface area (Å²) in [6.45, 7) is 0. The summed E-state index contributed by atoms with van der Waals surface area (Å²) in [6.07, 6.45) is 3.37. The van der Waals surface area contributed by atoms with Gasteiger partial charge in [-0.05, 0) is 18.2 Å². The largest absolute Gasteiger partial charge is 0.366 e. The molecule has 0 spiro atoms. The smallest absolute Gasteiger partial charge is 0.248 e. The van der Waals surface area contributed by atoms with Crippen molar-refractivity contribution in [2.24, 2.45) is 5.73 Å². The molecule has 0 saturated heterocycles. The molecule has 0 aliphatic heterocycles. The average Bonchev–Trinajstić information content (AvgIpc) is 2.49. The summed E-state index contributed by atoms with van der Waals surface area (Å²) in [5.41, 5.74) is 6.47. The van der Waals surface area contributed by atoms with Gasteiger partial charge < -0.3 is 5.73 Å². The maximum absolute atomic E-state index is 10.8. The van der Waals surface area contributed by atoms with Gasteiger partial charge in [-0.3, -0.25) is 4.79 Å². The van der Waals surface area contributed by atoms with Gasteiger partial charge in [0.1, 0.15) is 0 Å².